The predicted octanol–water partition coefficient (Wildman–Crippen LogP) is 1.29. The van der Waals surface area contributed by atoms with Gasteiger partial charge in [-0.1, -0.05) is 31.0 Å². The van der Waals surface area contributed by atoms with Crippen molar-refractivity contribution in [1.29, 1.82) is 0 Å². The van der Waals surface area contributed by atoms with E-state index in [4.69, 9.17) is 5.73 Å². The highest BCUT2D eigenvalue weighted by molar-refractivity contribution is 5.33. The molecule has 94 valence electrons. The Morgan fingerprint density at radius 1 is 1.22 bits per heavy atom. The SMILES string of the molecule is NC1(c2n[nH]c(=O)n2-c2ccccc2)CCCC1. The fraction of sp³-hybridized carbons (Fsp3) is 0.385. The van der Waals surface area contributed by atoms with Gasteiger partial charge in [0.1, 0.15) is 0 Å². The monoisotopic (exact) mass is 244 g/mol. The van der Waals surface area contributed by atoms with Gasteiger partial charge in [0, 0.05) is 0 Å². The second kappa shape index (κ2) is 4.10. The van der Waals surface area contributed by atoms with Crippen LogP contribution in [0.4, 0.5) is 0 Å². The molecule has 0 radical (unpaired) electrons. The first kappa shape index (κ1) is 11.2. The Morgan fingerprint density at radius 2 is 1.89 bits per heavy atom. The van der Waals surface area contributed by atoms with E-state index >= 15 is 0 Å². The van der Waals surface area contributed by atoms with Gasteiger partial charge in [-0.3, -0.25) is 0 Å². The minimum atomic E-state index is -0.477. The summed E-state index contributed by atoms with van der Waals surface area (Å²) in [5.41, 5.74) is 6.49. The van der Waals surface area contributed by atoms with Crippen LogP contribution in [-0.2, 0) is 5.54 Å². The van der Waals surface area contributed by atoms with Gasteiger partial charge >= 0.3 is 5.69 Å². The molecule has 1 fully saturated rings. The topological polar surface area (TPSA) is 76.7 Å². The Kier molecular flexibility index (Phi) is 2.56. The lowest BCUT2D eigenvalue weighted by molar-refractivity contribution is 0.423. The fourth-order valence-electron chi connectivity index (χ4n) is 2.68. The normalized spacial score (nSPS) is 18.1. The molecule has 1 aliphatic rings. The summed E-state index contributed by atoms with van der Waals surface area (Å²) < 4.78 is 1.59. The standard InChI is InChI=1S/C13H16N4O/c14-13(8-4-5-9-13)11-15-16-12(18)17(11)10-6-2-1-3-7-10/h1-3,6-7H,4-5,8-9,14H2,(H,16,18). The van der Waals surface area contributed by atoms with E-state index in [1.165, 1.54) is 0 Å². The average molecular weight is 244 g/mol. The van der Waals surface area contributed by atoms with Crippen LogP contribution in [0.15, 0.2) is 35.1 Å². The first-order valence-corrected chi connectivity index (χ1v) is 6.23. The summed E-state index contributed by atoms with van der Waals surface area (Å²) in [6, 6.07) is 9.49. The van der Waals surface area contributed by atoms with Gasteiger partial charge in [0.25, 0.3) is 0 Å². The molecule has 3 rings (SSSR count). The van der Waals surface area contributed by atoms with E-state index in [0.717, 1.165) is 31.4 Å². The Morgan fingerprint density at radius 3 is 2.56 bits per heavy atom. The second-order valence-electron chi connectivity index (χ2n) is 4.89. The molecule has 1 heterocycles. The van der Waals surface area contributed by atoms with E-state index in [1.807, 2.05) is 30.3 Å². The average Bonchev–Trinajstić information content (AvgIpc) is 2.98. The minimum absolute atomic E-state index is 0.229. The highest BCUT2D eigenvalue weighted by atomic mass is 16.1. The molecule has 0 bridgehead atoms. The molecule has 1 aromatic carbocycles. The van der Waals surface area contributed by atoms with Gasteiger partial charge in [-0.25, -0.2) is 14.5 Å². The smallest absolute Gasteiger partial charge is 0.319 e. The molecule has 5 heteroatoms. The number of hydrogen-bond acceptors (Lipinski definition) is 3. The molecule has 18 heavy (non-hydrogen) atoms. The van der Waals surface area contributed by atoms with Crippen molar-refractivity contribution in [1.82, 2.24) is 14.8 Å². The lowest BCUT2D eigenvalue weighted by atomic mass is 9.98. The summed E-state index contributed by atoms with van der Waals surface area (Å²) in [6.07, 6.45) is 3.94. The summed E-state index contributed by atoms with van der Waals surface area (Å²) in [7, 11) is 0. The molecule has 3 N–H and O–H groups in total. The molecular formula is C13H16N4O. The summed E-state index contributed by atoms with van der Waals surface area (Å²) in [4.78, 5) is 11.9. The van der Waals surface area contributed by atoms with Gasteiger partial charge in [-0.15, -0.1) is 0 Å². The van der Waals surface area contributed by atoms with E-state index in [9.17, 15) is 4.79 Å². The number of nitrogens with zero attached hydrogens (tertiary/aromatic N) is 2. The lowest BCUT2D eigenvalue weighted by Crippen LogP contribution is -2.37. The van der Waals surface area contributed by atoms with Crippen LogP contribution in [0.3, 0.4) is 0 Å². The molecule has 0 aliphatic heterocycles. The number of rotatable bonds is 2. The van der Waals surface area contributed by atoms with Crippen molar-refractivity contribution in [2.24, 2.45) is 5.73 Å². The van der Waals surface area contributed by atoms with Crippen LogP contribution in [0, 0.1) is 0 Å². The van der Waals surface area contributed by atoms with Gasteiger partial charge in [-0.2, -0.15) is 5.10 Å². The Hall–Kier alpha value is -1.88. The van der Waals surface area contributed by atoms with Gasteiger partial charge in [-0.05, 0) is 25.0 Å². The summed E-state index contributed by atoms with van der Waals surface area (Å²) in [5, 5.41) is 6.66. The van der Waals surface area contributed by atoms with Crippen LogP contribution in [-0.4, -0.2) is 14.8 Å². The number of para-hydroxylation sites is 1. The van der Waals surface area contributed by atoms with Crippen LogP contribution in [0.2, 0.25) is 0 Å². The maximum atomic E-state index is 11.9. The Labute approximate surface area is 105 Å². The first-order chi connectivity index (χ1) is 8.71. The van der Waals surface area contributed by atoms with Crippen molar-refractivity contribution in [3.05, 3.63) is 46.6 Å². The van der Waals surface area contributed by atoms with Crippen LogP contribution in [0.25, 0.3) is 5.69 Å². The third-order valence-corrected chi connectivity index (χ3v) is 3.63. The maximum Gasteiger partial charge on any atom is 0.347 e. The molecule has 1 aliphatic carbocycles. The van der Waals surface area contributed by atoms with Gasteiger partial charge in [0.15, 0.2) is 5.82 Å². The van der Waals surface area contributed by atoms with Crippen molar-refractivity contribution in [2.45, 2.75) is 31.2 Å². The predicted molar refractivity (Wildman–Crippen MR) is 68.5 cm³/mol. The van der Waals surface area contributed by atoms with Crippen LogP contribution >= 0.6 is 0 Å². The molecular weight excluding hydrogens is 228 g/mol. The van der Waals surface area contributed by atoms with Crippen molar-refractivity contribution in [3.8, 4) is 5.69 Å². The number of hydrogen-bond donors (Lipinski definition) is 2. The number of nitrogens with two attached hydrogens (primary N) is 1. The summed E-state index contributed by atoms with van der Waals surface area (Å²) in [5.74, 6) is 0.649. The van der Waals surface area contributed by atoms with Crippen molar-refractivity contribution in [2.75, 3.05) is 0 Å². The molecule has 0 amide bonds. The van der Waals surface area contributed by atoms with Crippen LogP contribution in [0.1, 0.15) is 31.5 Å². The van der Waals surface area contributed by atoms with Crippen molar-refractivity contribution < 1.29 is 0 Å². The first-order valence-electron chi connectivity index (χ1n) is 6.23. The molecule has 1 saturated carbocycles. The number of nitrogens with one attached hydrogen (secondary N) is 1. The minimum Gasteiger partial charge on any atom is -0.319 e. The fourth-order valence-corrected chi connectivity index (χ4v) is 2.68. The zero-order valence-corrected chi connectivity index (χ0v) is 10.1. The van der Waals surface area contributed by atoms with Gasteiger partial charge in [0.05, 0.1) is 11.2 Å². The summed E-state index contributed by atoms with van der Waals surface area (Å²) >= 11 is 0. The van der Waals surface area contributed by atoms with E-state index in [1.54, 1.807) is 4.57 Å². The largest absolute Gasteiger partial charge is 0.347 e. The zero-order chi connectivity index (χ0) is 12.6. The van der Waals surface area contributed by atoms with Gasteiger partial charge < -0.3 is 5.73 Å². The van der Waals surface area contributed by atoms with Crippen molar-refractivity contribution >= 4 is 0 Å². The van der Waals surface area contributed by atoms with Gasteiger partial charge in [0.2, 0.25) is 0 Å². The van der Waals surface area contributed by atoms with E-state index in [0.29, 0.717) is 5.82 Å². The van der Waals surface area contributed by atoms with Crippen LogP contribution in [0.5, 0.6) is 0 Å². The third-order valence-electron chi connectivity index (χ3n) is 3.63. The van der Waals surface area contributed by atoms with E-state index in [2.05, 4.69) is 10.2 Å². The van der Waals surface area contributed by atoms with Crippen LogP contribution < -0.4 is 11.4 Å². The van der Waals surface area contributed by atoms with Crippen molar-refractivity contribution in [3.63, 3.8) is 0 Å². The zero-order valence-electron chi connectivity index (χ0n) is 10.1. The second-order valence-corrected chi connectivity index (χ2v) is 4.89. The Bertz CT molecular complexity index is 593. The molecule has 2 aromatic rings. The molecule has 0 saturated heterocycles. The number of aromatic amines is 1. The highest BCUT2D eigenvalue weighted by Crippen LogP contribution is 2.35. The molecule has 1 aromatic heterocycles. The molecule has 0 spiro atoms. The number of benzene rings is 1. The third kappa shape index (κ3) is 1.67. The maximum absolute atomic E-state index is 11.9. The Balaban J connectivity index is 2.16. The molecule has 0 atom stereocenters. The highest BCUT2D eigenvalue weighted by Gasteiger charge is 2.36. The lowest BCUT2D eigenvalue weighted by Gasteiger charge is -2.22. The quantitative estimate of drug-likeness (QED) is 0.835. The summed E-state index contributed by atoms with van der Waals surface area (Å²) in [6.45, 7) is 0. The number of aromatic nitrogens is 3. The number of H-pyrrole nitrogens is 1. The van der Waals surface area contributed by atoms with E-state index < -0.39 is 5.54 Å². The molecule has 5 nitrogen and oxygen atoms in total. The van der Waals surface area contributed by atoms with E-state index in [-0.39, 0.29) is 5.69 Å². The molecule has 0 unspecified atom stereocenters.